The Balaban J connectivity index is 1.70. The van der Waals surface area contributed by atoms with E-state index in [1.54, 1.807) is 0 Å². The summed E-state index contributed by atoms with van der Waals surface area (Å²) in [6.45, 7) is 3.27. The summed E-state index contributed by atoms with van der Waals surface area (Å²) < 4.78 is 8.88. The number of guanidine groups is 1. The summed E-state index contributed by atoms with van der Waals surface area (Å²) in [4.78, 5) is 6.68. The van der Waals surface area contributed by atoms with Gasteiger partial charge >= 0.3 is 0 Å². The quantitative estimate of drug-likeness (QED) is 0.580. The number of hydrogen-bond donors (Lipinski definition) is 1. The van der Waals surface area contributed by atoms with Gasteiger partial charge in [-0.15, -0.1) is 0 Å². The summed E-state index contributed by atoms with van der Waals surface area (Å²) in [6.07, 6.45) is 4.12. The Morgan fingerprint density at radius 3 is 2.59 bits per heavy atom. The highest BCUT2D eigenvalue weighted by molar-refractivity contribution is 9.10. The van der Waals surface area contributed by atoms with Crippen molar-refractivity contribution in [3.63, 3.8) is 0 Å². The van der Waals surface area contributed by atoms with Crippen LogP contribution >= 0.6 is 15.9 Å². The number of nitrogens with zero attached hydrogens (tertiary/aromatic N) is 3. The maximum absolute atomic E-state index is 5.65. The van der Waals surface area contributed by atoms with Gasteiger partial charge in [-0.1, -0.05) is 30.3 Å². The minimum atomic E-state index is 0.0876. The summed E-state index contributed by atoms with van der Waals surface area (Å²) in [5.41, 5.74) is 2.70. The number of hydrogen-bond acceptors (Lipinski definition) is 2. The van der Waals surface area contributed by atoms with Gasteiger partial charge in [-0.25, -0.2) is 0 Å². The van der Waals surface area contributed by atoms with Gasteiger partial charge in [0.1, 0.15) is 0 Å². The Bertz CT molecular complexity index is 766. The van der Waals surface area contributed by atoms with Crippen LogP contribution in [0.15, 0.2) is 52.1 Å². The third-order valence-electron chi connectivity index (χ3n) is 5.47. The smallest absolute Gasteiger partial charge is 0.193 e. The van der Waals surface area contributed by atoms with Crippen LogP contribution in [0.2, 0.25) is 0 Å². The molecule has 2 heterocycles. The molecule has 0 bridgehead atoms. The van der Waals surface area contributed by atoms with Crippen LogP contribution in [0.4, 0.5) is 0 Å². The van der Waals surface area contributed by atoms with Crippen molar-refractivity contribution >= 4 is 21.9 Å². The van der Waals surface area contributed by atoms with Gasteiger partial charge in [0.2, 0.25) is 0 Å². The van der Waals surface area contributed by atoms with E-state index in [4.69, 9.17) is 4.74 Å². The van der Waals surface area contributed by atoms with Gasteiger partial charge in [-0.05, 0) is 40.4 Å². The average Bonchev–Trinajstić information content (AvgIpc) is 3.00. The number of aliphatic imine (C=N–C) groups is 1. The second kappa shape index (κ2) is 8.93. The summed E-state index contributed by atoms with van der Waals surface area (Å²) >= 11 is 3.55. The highest BCUT2D eigenvalue weighted by Crippen LogP contribution is 2.34. The second-order valence-corrected chi connectivity index (χ2v) is 8.19. The molecule has 27 heavy (non-hydrogen) atoms. The molecule has 1 aliphatic heterocycles. The first-order valence-corrected chi connectivity index (χ1v) is 10.2. The molecule has 1 N–H and O–H groups in total. The zero-order valence-corrected chi connectivity index (χ0v) is 18.0. The fourth-order valence-electron chi connectivity index (χ4n) is 3.80. The Kier molecular flexibility index (Phi) is 6.60. The van der Waals surface area contributed by atoms with Gasteiger partial charge in [0, 0.05) is 62.7 Å². The Morgan fingerprint density at radius 1 is 1.30 bits per heavy atom. The normalized spacial score (nSPS) is 17.0. The topological polar surface area (TPSA) is 41.8 Å². The van der Waals surface area contributed by atoms with Crippen LogP contribution in [0, 0.1) is 0 Å². The van der Waals surface area contributed by atoms with E-state index in [0.717, 1.165) is 49.6 Å². The molecular weight excluding hydrogens is 404 g/mol. The SMILES string of the molecule is CN=C(NCC1(c2ccccc2)CCOCC1)N(C)Cc1cc(Br)cn1C. The lowest BCUT2D eigenvalue weighted by molar-refractivity contribution is 0.0512. The molecule has 3 rings (SSSR count). The van der Waals surface area contributed by atoms with E-state index in [-0.39, 0.29) is 5.41 Å². The molecule has 1 aromatic heterocycles. The highest BCUT2D eigenvalue weighted by Gasteiger charge is 2.34. The van der Waals surface area contributed by atoms with E-state index in [0.29, 0.717) is 0 Å². The predicted octanol–water partition coefficient (Wildman–Crippen LogP) is 3.54. The monoisotopic (exact) mass is 432 g/mol. The van der Waals surface area contributed by atoms with E-state index < -0.39 is 0 Å². The molecule has 1 aliphatic rings. The van der Waals surface area contributed by atoms with Gasteiger partial charge in [0.25, 0.3) is 0 Å². The molecule has 0 atom stereocenters. The van der Waals surface area contributed by atoms with E-state index in [9.17, 15) is 0 Å². The van der Waals surface area contributed by atoms with Gasteiger partial charge in [0.15, 0.2) is 5.96 Å². The first kappa shape index (κ1) is 20.0. The second-order valence-electron chi connectivity index (χ2n) is 7.28. The largest absolute Gasteiger partial charge is 0.381 e. The van der Waals surface area contributed by atoms with Crippen molar-refractivity contribution in [3.05, 3.63) is 58.3 Å². The van der Waals surface area contributed by atoms with Gasteiger partial charge in [-0.2, -0.15) is 0 Å². The van der Waals surface area contributed by atoms with Crippen LogP contribution in [-0.4, -0.2) is 49.3 Å². The third-order valence-corrected chi connectivity index (χ3v) is 5.90. The van der Waals surface area contributed by atoms with Crippen LogP contribution in [0.3, 0.4) is 0 Å². The number of aromatic nitrogens is 1. The maximum Gasteiger partial charge on any atom is 0.193 e. The van der Waals surface area contributed by atoms with Gasteiger partial charge in [-0.3, -0.25) is 4.99 Å². The zero-order chi connectivity index (χ0) is 19.3. The Labute approximate surface area is 170 Å². The molecule has 2 aromatic rings. The van der Waals surface area contributed by atoms with Gasteiger partial charge in [0.05, 0.1) is 6.54 Å². The third kappa shape index (κ3) is 4.74. The van der Waals surface area contributed by atoms with E-state index in [1.165, 1.54) is 11.3 Å². The van der Waals surface area contributed by atoms with Crippen molar-refractivity contribution in [2.45, 2.75) is 24.8 Å². The number of rotatable bonds is 5. The molecule has 0 saturated carbocycles. The van der Waals surface area contributed by atoms with Crippen molar-refractivity contribution in [3.8, 4) is 0 Å². The number of halogens is 1. The first-order chi connectivity index (χ1) is 13.0. The number of nitrogens with one attached hydrogen (secondary N) is 1. The minimum absolute atomic E-state index is 0.0876. The van der Waals surface area contributed by atoms with Crippen LogP contribution in [0.5, 0.6) is 0 Å². The van der Waals surface area contributed by atoms with E-state index in [2.05, 4.69) is 92.4 Å². The molecule has 1 aromatic carbocycles. The van der Waals surface area contributed by atoms with E-state index in [1.807, 2.05) is 7.05 Å². The number of aryl methyl sites for hydroxylation is 1. The summed E-state index contributed by atoms with van der Waals surface area (Å²) in [5, 5.41) is 3.62. The molecular formula is C21H29BrN4O. The molecule has 146 valence electrons. The van der Waals surface area contributed by atoms with Gasteiger partial charge < -0.3 is 19.5 Å². The summed E-state index contributed by atoms with van der Waals surface area (Å²) in [5.74, 6) is 0.911. The van der Waals surface area contributed by atoms with Crippen molar-refractivity contribution in [2.24, 2.45) is 12.0 Å². The zero-order valence-electron chi connectivity index (χ0n) is 16.4. The van der Waals surface area contributed by atoms with E-state index >= 15 is 0 Å². The Hall–Kier alpha value is -1.79. The molecule has 5 nitrogen and oxygen atoms in total. The van der Waals surface area contributed by atoms with Crippen molar-refractivity contribution in [1.29, 1.82) is 0 Å². The maximum atomic E-state index is 5.65. The van der Waals surface area contributed by atoms with Crippen LogP contribution in [-0.2, 0) is 23.7 Å². The van der Waals surface area contributed by atoms with Crippen molar-refractivity contribution < 1.29 is 4.74 Å². The van der Waals surface area contributed by atoms with Crippen LogP contribution in [0.25, 0.3) is 0 Å². The lowest BCUT2D eigenvalue weighted by atomic mass is 9.74. The molecule has 0 aliphatic carbocycles. The van der Waals surface area contributed by atoms with Crippen LogP contribution < -0.4 is 5.32 Å². The Morgan fingerprint density at radius 2 is 2.00 bits per heavy atom. The molecule has 0 radical (unpaired) electrons. The fourth-order valence-corrected chi connectivity index (χ4v) is 4.37. The van der Waals surface area contributed by atoms with Crippen LogP contribution in [0.1, 0.15) is 24.1 Å². The average molecular weight is 433 g/mol. The molecule has 6 heteroatoms. The number of benzene rings is 1. The molecule has 0 unspecified atom stereocenters. The molecule has 1 saturated heterocycles. The first-order valence-electron chi connectivity index (χ1n) is 9.40. The van der Waals surface area contributed by atoms with Crippen molar-refractivity contribution in [1.82, 2.24) is 14.8 Å². The minimum Gasteiger partial charge on any atom is -0.381 e. The molecule has 0 spiro atoms. The highest BCUT2D eigenvalue weighted by atomic mass is 79.9. The van der Waals surface area contributed by atoms with Crippen molar-refractivity contribution in [2.75, 3.05) is 33.9 Å². The summed E-state index contributed by atoms with van der Waals surface area (Å²) in [7, 11) is 5.99. The summed E-state index contributed by atoms with van der Waals surface area (Å²) in [6, 6.07) is 13.0. The standard InChI is InChI=1S/C21H29BrN4O/c1-23-20(26(3)15-19-13-18(22)14-25(19)2)24-16-21(9-11-27-12-10-21)17-7-5-4-6-8-17/h4-8,13-14H,9-12,15-16H2,1-3H3,(H,23,24). The number of ether oxygens (including phenoxy) is 1. The fraction of sp³-hybridized carbons (Fsp3) is 0.476. The molecule has 0 amide bonds. The molecule has 1 fully saturated rings. The lowest BCUT2D eigenvalue weighted by Gasteiger charge is -2.39. The predicted molar refractivity (Wildman–Crippen MR) is 114 cm³/mol. The lowest BCUT2D eigenvalue weighted by Crippen LogP contribution is -2.48.